The standard InChI is InChI=1S/C19H25N5/c1-15(17-10-6-3-7-11-17)22-18-14-21-24-19(23-18)20-13-12-16-8-4-2-5-9-16/h3,6-8,10-11,14-15H,2,4-5,9,12-13H2,1H3,(H2,20,22,23,24). The third-order valence-electron chi connectivity index (χ3n) is 4.34. The van der Waals surface area contributed by atoms with Gasteiger partial charge < -0.3 is 10.6 Å². The Labute approximate surface area is 143 Å². The second-order valence-corrected chi connectivity index (χ2v) is 6.23. The molecule has 126 valence electrons. The molecule has 1 aromatic heterocycles. The highest BCUT2D eigenvalue weighted by atomic mass is 15.3. The fraction of sp³-hybridized carbons (Fsp3) is 0.421. The van der Waals surface area contributed by atoms with Crippen LogP contribution in [0.3, 0.4) is 0 Å². The first-order valence-electron chi connectivity index (χ1n) is 8.74. The van der Waals surface area contributed by atoms with Crippen LogP contribution in [0.15, 0.2) is 48.2 Å². The molecular weight excluding hydrogens is 298 g/mol. The molecule has 1 aliphatic carbocycles. The Kier molecular flexibility index (Phi) is 5.77. The topological polar surface area (TPSA) is 62.7 Å². The molecule has 0 bridgehead atoms. The van der Waals surface area contributed by atoms with E-state index in [0.717, 1.165) is 18.8 Å². The zero-order valence-corrected chi connectivity index (χ0v) is 14.2. The Hall–Kier alpha value is -2.43. The number of aromatic nitrogens is 3. The van der Waals surface area contributed by atoms with Crippen LogP contribution in [0.25, 0.3) is 0 Å². The summed E-state index contributed by atoms with van der Waals surface area (Å²) in [7, 11) is 0. The molecule has 5 nitrogen and oxygen atoms in total. The summed E-state index contributed by atoms with van der Waals surface area (Å²) in [4.78, 5) is 4.51. The largest absolute Gasteiger partial charge is 0.362 e. The lowest BCUT2D eigenvalue weighted by Gasteiger charge is -2.15. The van der Waals surface area contributed by atoms with Crippen molar-refractivity contribution in [2.45, 2.75) is 45.1 Å². The van der Waals surface area contributed by atoms with Crippen molar-refractivity contribution in [3.05, 3.63) is 53.7 Å². The summed E-state index contributed by atoms with van der Waals surface area (Å²) in [5, 5.41) is 14.8. The van der Waals surface area contributed by atoms with E-state index in [4.69, 9.17) is 0 Å². The maximum absolute atomic E-state index is 4.51. The fourth-order valence-electron chi connectivity index (χ4n) is 2.96. The van der Waals surface area contributed by atoms with Crippen molar-refractivity contribution in [2.24, 2.45) is 0 Å². The average Bonchev–Trinajstić information content (AvgIpc) is 2.64. The molecule has 0 spiro atoms. The summed E-state index contributed by atoms with van der Waals surface area (Å²) in [6.07, 6.45) is 10.2. The van der Waals surface area contributed by atoms with E-state index >= 15 is 0 Å². The molecule has 5 heteroatoms. The van der Waals surface area contributed by atoms with Crippen LogP contribution in [0.5, 0.6) is 0 Å². The Bertz CT molecular complexity index is 668. The monoisotopic (exact) mass is 323 g/mol. The molecule has 0 saturated heterocycles. The second kappa shape index (κ2) is 8.43. The minimum Gasteiger partial charge on any atom is -0.362 e. The van der Waals surface area contributed by atoms with Crippen LogP contribution >= 0.6 is 0 Å². The number of rotatable bonds is 7. The first-order chi connectivity index (χ1) is 11.8. The maximum atomic E-state index is 4.51. The molecule has 0 fully saturated rings. The number of hydrogen-bond acceptors (Lipinski definition) is 5. The van der Waals surface area contributed by atoms with E-state index in [1.54, 1.807) is 11.8 Å². The molecule has 3 rings (SSSR count). The normalized spacial score (nSPS) is 15.5. The summed E-state index contributed by atoms with van der Waals surface area (Å²) in [5.74, 6) is 1.32. The molecule has 24 heavy (non-hydrogen) atoms. The van der Waals surface area contributed by atoms with E-state index in [0.29, 0.717) is 5.95 Å². The van der Waals surface area contributed by atoms with Gasteiger partial charge >= 0.3 is 0 Å². The van der Waals surface area contributed by atoms with Gasteiger partial charge in [-0.25, -0.2) is 0 Å². The summed E-state index contributed by atoms with van der Waals surface area (Å²) in [5.41, 5.74) is 2.77. The van der Waals surface area contributed by atoms with Crippen LogP contribution in [0.4, 0.5) is 11.8 Å². The zero-order valence-electron chi connectivity index (χ0n) is 14.2. The lowest BCUT2D eigenvalue weighted by molar-refractivity contribution is 0.678. The Morgan fingerprint density at radius 2 is 2.04 bits per heavy atom. The SMILES string of the molecule is CC(Nc1cnnc(NCCC2=CCCCC2)n1)c1ccccc1. The quantitative estimate of drug-likeness (QED) is 0.742. The van der Waals surface area contributed by atoms with Crippen LogP contribution in [0.1, 0.15) is 50.6 Å². The van der Waals surface area contributed by atoms with Gasteiger partial charge in [0.15, 0.2) is 5.82 Å². The van der Waals surface area contributed by atoms with Gasteiger partial charge in [-0.1, -0.05) is 42.0 Å². The van der Waals surface area contributed by atoms with Crippen molar-refractivity contribution in [1.29, 1.82) is 0 Å². The zero-order chi connectivity index (χ0) is 16.6. The first kappa shape index (κ1) is 16.4. The minimum atomic E-state index is 0.170. The van der Waals surface area contributed by atoms with Gasteiger partial charge in [-0.2, -0.15) is 10.1 Å². The molecule has 1 heterocycles. The van der Waals surface area contributed by atoms with Crippen LogP contribution < -0.4 is 10.6 Å². The molecule has 1 unspecified atom stereocenters. The van der Waals surface area contributed by atoms with Gasteiger partial charge in [-0.3, -0.25) is 0 Å². The molecule has 0 saturated carbocycles. The average molecular weight is 323 g/mol. The molecular formula is C19H25N5. The van der Waals surface area contributed by atoms with Crippen LogP contribution in [0.2, 0.25) is 0 Å². The van der Waals surface area contributed by atoms with Crippen molar-refractivity contribution >= 4 is 11.8 Å². The van der Waals surface area contributed by atoms with Crippen molar-refractivity contribution in [3.8, 4) is 0 Å². The van der Waals surface area contributed by atoms with Crippen LogP contribution in [0, 0.1) is 0 Å². The van der Waals surface area contributed by atoms with Crippen molar-refractivity contribution < 1.29 is 0 Å². The Morgan fingerprint density at radius 3 is 2.83 bits per heavy atom. The molecule has 1 aliphatic rings. The van der Waals surface area contributed by atoms with Gasteiger partial charge in [0.1, 0.15) is 0 Å². The first-order valence-corrected chi connectivity index (χ1v) is 8.74. The van der Waals surface area contributed by atoms with Crippen LogP contribution in [-0.2, 0) is 0 Å². The van der Waals surface area contributed by atoms with Crippen LogP contribution in [-0.4, -0.2) is 21.7 Å². The highest BCUT2D eigenvalue weighted by Crippen LogP contribution is 2.20. The van der Waals surface area contributed by atoms with Gasteiger partial charge in [0.05, 0.1) is 6.20 Å². The van der Waals surface area contributed by atoms with E-state index in [2.05, 4.69) is 50.9 Å². The molecule has 0 aliphatic heterocycles. The lowest BCUT2D eigenvalue weighted by atomic mass is 9.97. The molecule has 0 amide bonds. The third-order valence-corrected chi connectivity index (χ3v) is 4.34. The van der Waals surface area contributed by atoms with E-state index in [-0.39, 0.29) is 6.04 Å². The summed E-state index contributed by atoms with van der Waals surface area (Å²) in [6, 6.07) is 10.5. The fourth-order valence-corrected chi connectivity index (χ4v) is 2.96. The predicted molar refractivity (Wildman–Crippen MR) is 98.0 cm³/mol. The molecule has 1 atom stereocenters. The number of hydrogen-bond donors (Lipinski definition) is 2. The summed E-state index contributed by atoms with van der Waals surface area (Å²) >= 11 is 0. The van der Waals surface area contributed by atoms with Crippen molar-refractivity contribution in [2.75, 3.05) is 17.2 Å². The van der Waals surface area contributed by atoms with Gasteiger partial charge in [-0.05, 0) is 44.6 Å². The highest BCUT2D eigenvalue weighted by Gasteiger charge is 2.08. The molecule has 2 N–H and O–H groups in total. The lowest BCUT2D eigenvalue weighted by Crippen LogP contribution is -2.12. The number of anilines is 2. The maximum Gasteiger partial charge on any atom is 0.244 e. The van der Waals surface area contributed by atoms with Gasteiger partial charge in [-0.15, -0.1) is 5.10 Å². The molecule has 0 radical (unpaired) electrons. The summed E-state index contributed by atoms with van der Waals surface area (Å²) in [6.45, 7) is 2.96. The second-order valence-electron chi connectivity index (χ2n) is 6.23. The Balaban J connectivity index is 1.53. The number of nitrogens with one attached hydrogen (secondary N) is 2. The van der Waals surface area contributed by atoms with Crippen molar-refractivity contribution in [1.82, 2.24) is 15.2 Å². The van der Waals surface area contributed by atoms with Gasteiger partial charge in [0.25, 0.3) is 0 Å². The van der Waals surface area contributed by atoms with E-state index in [1.807, 2.05) is 18.2 Å². The molecule has 2 aromatic rings. The van der Waals surface area contributed by atoms with Gasteiger partial charge in [0, 0.05) is 12.6 Å². The Morgan fingerprint density at radius 1 is 1.17 bits per heavy atom. The van der Waals surface area contributed by atoms with E-state index in [9.17, 15) is 0 Å². The van der Waals surface area contributed by atoms with E-state index < -0.39 is 0 Å². The number of nitrogens with zero attached hydrogens (tertiary/aromatic N) is 3. The third kappa shape index (κ3) is 4.78. The summed E-state index contributed by atoms with van der Waals surface area (Å²) < 4.78 is 0. The minimum absolute atomic E-state index is 0.170. The highest BCUT2D eigenvalue weighted by molar-refractivity contribution is 5.39. The number of benzene rings is 1. The van der Waals surface area contributed by atoms with E-state index in [1.165, 1.54) is 31.2 Å². The molecule has 1 aromatic carbocycles. The predicted octanol–water partition coefficient (Wildman–Crippen LogP) is 4.35. The van der Waals surface area contributed by atoms with Gasteiger partial charge in [0.2, 0.25) is 5.95 Å². The smallest absolute Gasteiger partial charge is 0.244 e. The van der Waals surface area contributed by atoms with Crippen molar-refractivity contribution in [3.63, 3.8) is 0 Å². The number of allylic oxidation sites excluding steroid dienone is 1.